The lowest BCUT2D eigenvalue weighted by Crippen LogP contribution is -2.40. The topological polar surface area (TPSA) is 97.1 Å². The summed E-state index contributed by atoms with van der Waals surface area (Å²) in [6.45, 7) is 2.46. The van der Waals surface area contributed by atoms with Gasteiger partial charge >= 0.3 is 6.03 Å². The van der Waals surface area contributed by atoms with E-state index in [4.69, 9.17) is 4.42 Å². The number of nitrogens with one attached hydrogen (secondary N) is 2. The van der Waals surface area contributed by atoms with E-state index in [2.05, 4.69) is 20.6 Å². The summed E-state index contributed by atoms with van der Waals surface area (Å²) < 4.78 is 5.37. The SMILES string of the molecule is CCCNC(=O)NC(=O)CSc1nc(-c2ccco2)nc2ccccc12. The van der Waals surface area contributed by atoms with Crippen LogP contribution >= 0.6 is 11.8 Å². The standard InChI is InChI=1S/C18H18N4O3S/c1-2-9-19-18(24)21-15(23)11-26-17-12-6-3-4-7-13(12)20-16(22-17)14-8-5-10-25-14/h3-8,10H,2,9,11H2,1H3,(H2,19,21,23,24). The van der Waals surface area contributed by atoms with Crippen LogP contribution in [0.3, 0.4) is 0 Å². The molecule has 0 saturated carbocycles. The molecule has 3 amide bonds. The molecule has 0 bridgehead atoms. The molecule has 2 N–H and O–H groups in total. The molecular formula is C18H18N4O3S. The molecule has 7 nitrogen and oxygen atoms in total. The Morgan fingerprint density at radius 2 is 2.00 bits per heavy atom. The molecule has 0 saturated heterocycles. The van der Waals surface area contributed by atoms with Gasteiger partial charge in [0.2, 0.25) is 5.91 Å². The van der Waals surface area contributed by atoms with Gasteiger partial charge in [-0.15, -0.1) is 0 Å². The molecule has 134 valence electrons. The molecule has 2 heterocycles. The van der Waals surface area contributed by atoms with Crippen molar-refractivity contribution >= 4 is 34.6 Å². The van der Waals surface area contributed by atoms with E-state index in [9.17, 15) is 9.59 Å². The molecule has 26 heavy (non-hydrogen) atoms. The largest absolute Gasteiger partial charge is 0.461 e. The predicted molar refractivity (Wildman–Crippen MR) is 99.8 cm³/mol. The number of imide groups is 1. The summed E-state index contributed by atoms with van der Waals surface area (Å²) in [4.78, 5) is 32.6. The van der Waals surface area contributed by atoms with Crippen molar-refractivity contribution in [1.29, 1.82) is 0 Å². The number of amides is 3. The predicted octanol–water partition coefficient (Wildman–Crippen LogP) is 3.22. The minimum absolute atomic E-state index is 0.0676. The molecule has 2 aromatic heterocycles. The molecule has 0 aliphatic rings. The molecule has 3 rings (SSSR count). The van der Waals surface area contributed by atoms with Gasteiger partial charge in [0.1, 0.15) is 5.03 Å². The molecule has 0 radical (unpaired) electrons. The molecule has 0 aliphatic carbocycles. The Hall–Kier alpha value is -2.87. The number of hydrogen-bond acceptors (Lipinski definition) is 6. The number of thioether (sulfide) groups is 1. The number of carbonyl (C=O) groups is 2. The van der Waals surface area contributed by atoms with Gasteiger partial charge in [-0.1, -0.05) is 36.9 Å². The maximum atomic E-state index is 12.0. The van der Waals surface area contributed by atoms with Gasteiger partial charge in [0.05, 0.1) is 17.5 Å². The Kier molecular flexibility index (Phi) is 5.85. The van der Waals surface area contributed by atoms with Crippen LogP contribution in [0.5, 0.6) is 0 Å². The lowest BCUT2D eigenvalue weighted by atomic mass is 10.2. The van der Waals surface area contributed by atoms with Gasteiger partial charge in [-0.05, 0) is 24.6 Å². The summed E-state index contributed by atoms with van der Waals surface area (Å²) in [5.74, 6) is 0.696. The van der Waals surface area contributed by atoms with E-state index >= 15 is 0 Å². The van der Waals surface area contributed by atoms with Crippen LogP contribution in [-0.4, -0.2) is 34.2 Å². The van der Waals surface area contributed by atoms with Crippen LogP contribution in [0.25, 0.3) is 22.5 Å². The maximum absolute atomic E-state index is 12.0. The first kappa shape index (κ1) is 17.9. The second-order valence-corrected chi connectivity index (χ2v) is 6.40. The molecule has 0 fully saturated rings. The van der Waals surface area contributed by atoms with E-state index in [1.807, 2.05) is 31.2 Å². The van der Waals surface area contributed by atoms with Crippen LogP contribution < -0.4 is 10.6 Å². The molecule has 1 aromatic carbocycles. The van der Waals surface area contributed by atoms with Gasteiger partial charge < -0.3 is 9.73 Å². The highest BCUT2D eigenvalue weighted by atomic mass is 32.2. The molecule has 3 aromatic rings. The summed E-state index contributed by atoms with van der Waals surface area (Å²) in [7, 11) is 0. The maximum Gasteiger partial charge on any atom is 0.321 e. The van der Waals surface area contributed by atoms with Crippen molar-refractivity contribution in [2.75, 3.05) is 12.3 Å². The molecular weight excluding hydrogens is 352 g/mol. The zero-order valence-electron chi connectivity index (χ0n) is 14.2. The first-order valence-electron chi connectivity index (χ1n) is 8.18. The average Bonchev–Trinajstić information content (AvgIpc) is 3.19. The number of furan rings is 1. The summed E-state index contributed by atoms with van der Waals surface area (Å²) in [6, 6.07) is 10.6. The van der Waals surface area contributed by atoms with Crippen molar-refractivity contribution in [3.63, 3.8) is 0 Å². The van der Waals surface area contributed by atoms with Crippen LogP contribution in [0.1, 0.15) is 13.3 Å². The summed E-state index contributed by atoms with van der Waals surface area (Å²) in [6.07, 6.45) is 2.36. The smallest absolute Gasteiger partial charge is 0.321 e. The van der Waals surface area contributed by atoms with Gasteiger partial charge in [0.15, 0.2) is 11.6 Å². The van der Waals surface area contributed by atoms with Gasteiger partial charge in [0.25, 0.3) is 0 Å². The fraction of sp³-hybridized carbons (Fsp3) is 0.222. The third-order valence-electron chi connectivity index (χ3n) is 3.44. The number of rotatable bonds is 6. The van der Waals surface area contributed by atoms with E-state index in [0.717, 1.165) is 17.3 Å². The monoisotopic (exact) mass is 370 g/mol. The highest BCUT2D eigenvalue weighted by Crippen LogP contribution is 2.28. The zero-order chi connectivity index (χ0) is 18.4. The van der Waals surface area contributed by atoms with Crippen LogP contribution in [-0.2, 0) is 4.79 Å². The average molecular weight is 370 g/mol. The van der Waals surface area contributed by atoms with E-state index in [1.165, 1.54) is 11.8 Å². The minimum Gasteiger partial charge on any atom is -0.461 e. The Morgan fingerprint density at radius 1 is 1.15 bits per heavy atom. The second kappa shape index (κ2) is 8.48. The van der Waals surface area contributed by atoms with Crippen LogP contribution in [0.2, 0.25) is 0 Å². The lowest BCUT2D eigenvalue weighted by Gasteiger charge is -2.08. The van der Waals surface area contributed by atoms with Gasteiger partial charge in [-0.25, -0.2) is 14.8 Å². The third-order valence-corrected chi connectivity index (χ3v) is 4.43. The fourth-order valence-corrected chi connectivity index (χ4v) is 3.07. The third kappa shape index (κ3) is 4.40. The zero-order valence-corrected chi connectivity index (χ0v) is 15.0. The number of urea groups is 1. The number of hydrogen-bond donors (Lipinski definition) is 2. The first-order chi connectivity index (χ1) is 12.7. The molecule has 8 heteroatoms. The van der Waals surface area contributed by atoms with Crippen molar-refractivity contribution in [2.24, 2.45) is 0 Å². The van der Waals surface area contributed by atoms with E-state index in [-0.39, 0.29) is 11.7 Å². The van der Waals surface area contributed by atoms with E-state index < -0.39 is 6.03 Å². The summed E-state index contributed by atoms with van der Waals surface area (Å²) >= 11 is 1.25. The number of aromatic nitrogens is 2. The van der Waals surface area contributed by atoms with Gasteiger partial charge in [0, 0.05) is 11.9 Å². The minimum atomic E-state index is -0.485. The second-order valence-electron chi connectivity index (χ2n) is 5.44. The van der Waals surface area contributed by atoms with Crippen LogP contribution in [0, 0.1) is 0 Å². The summed E-state index contributed by atoms with van der Waals surface area (Å²) in [5.41, 5.74) is 0.762. The van der Waals surface area contributed by atoms with Crippen molar-refractivity contribution < 1.29 is 14.0 Å². The number of benzene rings is 1. The van der Waals surface area contributed by atoms with Crippen LogP contribution in [0.4, 0.5) is 4.79 Å². The Morgan fingerprint density at radius 3 is 2.77 bits per heavy atom. The fourth-order valence-electron chi connectivity index (χ4n) is 2.25. The Bertz CT molecular complexity index is 912. The van der Waals surface area contributed by atoms with Crippen molar-refractivity contribution in [2.45, 2.75) is 18.4 Å². The van der Waals surface area contributed by atoms with Crippen LogP contribution in [0.15, 0.2) is 52.1 Å². The summed E-state index contributed by atoms with van der Waals surface area (Å²) in [5, 5.41) is 6.41. The quantitative estimate of drug-likeness (QED) is 0.511. The molecule has 0 atom stereocenters. The van der Waals surface area contributed by atoms with Crippen molar-refractivity contribution in [3.05, 3.63) is 42.7 Å². The van der Waals surface area contributed by atoms with E-state index in [1.54, 1.807) is 18.4 Å². The number of carbonyl (C=O) groups excluding carboxylic acids is 2. The number of para-hydroxylation sites is 1. The van der Waals surface area contributed by atoms with Gasteiger partial charge in [-0.3, -0.25) is 10.1 Å². The molecule has 0 spiro atoms. The Labute approximate surface area is 154 Å². The highest BCUT2D eigenvalue weighted by Gasteiger charge is 2.14. The lowest BCUT2D eigenvalue weighted by molar-refractivity contribution is -0.117. The highest BCUT2D eigenvalue weighted by molar-refractivity contribution is 8.00. The number of nitrogens with zero attached hydrogens (tertiary/aromatic N) is 2. The van der Waals surface area contributed by atoms with E-state index in [0.29, 0.717) is 23.2 Å². The Balaban J connectivity index is 1.76. The molecule has 0 aliphatic heterocycles. The number of fused-ring (bicyclic) bond motifs is 1. The molecule has 0 unspecified atom stereocenters. The van der Waals surface area contributed by atoms with Crippen molar-refractivity contribution in [1.82, 2.24) is 20.6 Å². The van der Waals surface area contributed by atoms with Gasteiger partial charge in [-0.2, -0.15) is 0 Å². The van der Waals surface area contributed by atoms with Crippen molar-refractivity contribution in [3.8, 4) is 11.6 Å². The normalized spacial score (nSPS) is 10.7. The first-order valence-corrected chi connectivity index (χ1v) is 9.17.